The van der Waals surface area contributed by atoms with Crippen molar-refractivity contribution in [2.45, 2.75) is 6.92 Å². The summed E-state index contributed by atoms with van der Waals surface area (Å²) < 4.78 is 0. The second-order valence-electron chi connectivity index (χ2n) is 7.32. The Labute approximate surface area is 176 Å². The third kappa shape index (κ3) is 4.33. The minimum atomic E-state index is -0.159. The first kappa shape index (κ1) is 19.6. The van der Waals surface area contributed by atoms with E-state index in [1.54, 1.807) is 18.3 Å². The maximum Gasteiger partial charge on any atom is 0.255 e. The number of hydrogen-bond donors (Lipinski definition) is 1. The highest BCUT2D eigenvalue weighted by atomic mass is 16.2. The van der Waals surface area contributed by atoms with Crippen LogP contribution in [0.5, 0.6) is 0 Å². The number of carbonyl (C=O) groups excluding carboxylic acids is 2. The lowest BCUT2D eigenvalue weighted by molar-refractivity contribution is 0.0745. The molecule has 6 heteroatoms. The minimum absolute atomic E-state index is 0.0830. The first-order valence-corrected chi connectivity index (χ1v) is 10.0. The number of aromatic nitrogens is 1. The van der Waals surface area contributed by atoms with Gasteiger partial charge in [-0.2, -0.15) is 0 Å². The molecule has 1 aliphatic heterocycles. The van der Waals surface area contributed by atoms with Crippen LogP contribution >= 0.6 is 0 Å². The zero-order chi connectivity index (χ0) is 20.9. The van der Waals surface area contributed by atoms with E-state index in [4.69, 9.17) is 0 Å². The number of anilines is 2. The zero-order valence-electron chi connectivity index (χ0n) is 16.9. The fourth-order valence-corrected chi connectivity index (χ4v) is 3.56. The molecule has 2 amide bonds. The number of pyridine rings is 1. The molecule has 0 atom stereocenters. The van der Waals surface area contributed by atoms with E-state index in [2.05, 4.69) is 15.2 Å². The molecule has 1 aromatic heterocycles. The highest BCUT2D eigenvalue weighted by Crippen LogP contribution is 2.18. The van der Waals surface area contributed by atoms with Crippen LogP contribution in [0.4, 0.5) is 11.5 Å². The molecule has 4 rings (SSSR count). The van der Waals surface area contributed by atoms with Crippen LogP contribution in [0.25, 0.3) is 0 Å². The third-order valence-electron chi connectivity index (χ3n) is 5.31. The van der Waals surface area contributed by atoms with Crippen molar-refractivity contribution in [1.82, 2.24) is 9.88 Å². The van der Waals surface area contributed by atoms with Crippen molar-refractivity contribution in [3.05, 3.63) is 89.6 Å². The number of nitrogens with zero attached hydrogens (tertiary/aromatic N) is 3. The van der Waals surface area contributed by atoms with E-state index < -0.39 is 0 Å². The van der Waals surface area contributed by atoms with Crippen molar-refractivity contribution < 1.29 is 9.59 Å². The third-order valence-corrected chi connectivity index (χ3v) is 5.31. The number of nitrogens with one attached hydrogen (secondary N) is 1. The summed E-state index contributed by atoms with van der Waals surface area (Å²) in [6, 6.07) is 20.5. The fraction of sp³-hybridized carbons (Fsp3) is 0.208. The Bertz CT molecular complexity index is 1030. The molecule has 2 heterocycles. The maximum atomic E-state index is 12.8. The van der Waals surface area contributed by atoms with Crippen LogP contribution in [-0.2, 0) is 0 Å². The number of amides is 2. The maximum absolute atomic E-state index is 12.8. The van der Waals surface area contributed by atoms with E-state index in [9.17, 15) is 9.59 Å². The van der Waals surface area contributed by atoms with E-state index >= 15 is 0 Å². The lowest BCUT2D eigenvalue weighted by atomic mass is 10.1. The molecule has 1 aliphatic rings. The number of hydrogen-bond acceptors (Lipinski definition) is 4. The summed E-state index contributed by atoms with van der Waals surface area (Å²) >= 11 is 0. The van der Waals surface area contributed by atoms with Crippen LogP contribution in [-0.4, -0.2) is 47.9 Å². The second-order valence-corrected chi connectivity index (χ2v) is 7.32. The second kappa shape index (κ2) is 8.78. The van der Waals surface area contributed by atoms with Crippen molar-refractivity contribution in [3.63, 3.8) is 0 Å². The van der Waals surface area contributed by atoms with Gasteiger partial charge in [-0.3, -0.25) is 9.59 Å². The van der Waals surface area contributed by atoms with E-state index in [-0.39, 0.29) is 11.8 Å². The van der Waals surface area contributed by atoms with Crippen LogP contribution in [0.2, 0.25) is 0 Å². The fourth-order valence-electron chi connectivity index (χ4n) is 3.56. The van der Waals surface area contributed by atoms with Gasteiger partial charge in [-0.05, 0) is 42.8 Å². The summed E-state index contributed by atoms with van der Waals surface area (Å²) in [6.07, 6.45) is 1.67. The molecular weight excluding hydrogens is 376 g/mol. The molecule has 1 N–H and O–H groups in total. The normalized spacial score (nSPS) is 13.8. The SMILES string of the molecule is Cc1ccccc1C(=O)N1CCN(c2ccc(NC(=O)c3ccccc3)cn2)CC1. The van der Waals surface area contributed by atoms with Crippen molar-refractivity contribution in [2.75, 3.05) is 36.4 Å². The van der Waals surface area contributed by atoms with Crippen LogP contribution in [0.15, 0.2) is 72.9 Å². The average Bonchev–Trinajstić information content (AvgIpc) is 2.80. The van der Waals surface area contributed by atoms with Gasteiger partial charge in [0.1, 0.15) is 5.82 Å². The molecule has 30 heavy (non-hydrogen) atoms. The van der Waals surface area contributed by atoms with Gasteiger partial charge in [0.15, 0.2) is 0 Å². The number of piperazine rings is 1. The average molecular weight is 400 g/mol. The quantitative estimate of drug-likeness (QED) is 0.727. The molecule has 3 aromatic rings. The monoisotopic (exact) mass is 400 g/mol. The van der Waals surface area contributed by atoms with Gasteiger partial charge in [0.25, 0.3) is 11.8 Å². The Balaban J connectivity index is 1.34. The molecule has 6 nitrogen and oxygen atoms in total. The molecule has 152 valence electrons. The predicted octanol–water partition coefficient (Wildman–Crippen LogP) is 3.60. The Morgan fingerprint density at radius 1 is 0.867 bits per heavy atom. The van der Waals surface area contributed by atoms with E-state index in [0.29, 0.717) is 24.3 Å². The van der Waals surface area contributed by atoms with Gasteiger partial charge in [0, 0.05) is 37.3 Å². The Morgan fingerprint density at radius 2 is 1.57 bits per heavy atom. The highest BCUT2D eigenvalue weighted by molar-refractivity contribution is 6.04. The van der Waals surface area contributed by atoms with Gasteiger partial charge in [0.2, 0.25) is 0 Å². The Kier molecular flexibility index (Phi) is 5.75. The Hall–Kier alpha value is -3.67. The van der Waals surface area contributed by atoms with Crippen molar-refractivity contribution >= 4 is 23.3 Å². The van der Waals surface area contributed by atoms with Crippen LogP contribution in [0, 0.1) is 6.92 Å². The summed E-state index contributed by atoms with van der Waals surface area (Å²) in [7, 11) is 0. The van der Waals surface area contributed by atoms with E-state index in [1.807, 2.05) is 66.4 Å². The van der Waals surface area contributed by atoms with Gasteiger partial charge in [-0.1, -0.05) is 36.4 Å². The summed E-state index contributed by atoms with van der Waals surface area (Å²) in [6.45, 7) is 4.72. The Morgan fingerprint density at radius 3 is 2.23 bits per heavy atom. The molecule has 0 unspecified atom stereocenters. The molecule has 2 aromatic carbocycles. The van der Waals surface area contributed by atoms with E-state index in [1.165, 1.54) is 0 Å². The molecule has 1 fully saturated rings. The van der Waals surface area contributed by atoms with Gasteiger partial charge >= 0.3 is 0 Å². The van der Waals surface area contributed by atoms with Crippen LogP contribution in [0.1, 0.15) is 26.3 Å². The predicted molar refractivity (Wildman–Crippen MR) is 118 cm³/mol. The number of rotatable bonds is 4. The van der Waals surface area contributed by atoms with Gasteiger partial charge in [-0.15, -0.1) is 0 Å². The summed E-state index contributed by atoms with van der Waals surface area (Å²) in [5.74, 6) is 0.767. The molecule has 0 spiro atoms. The molecule has 0 saturated carbocycles. The van der Waals surface area contributed by atoms with Gasteiger partial charge in [0.05, 0.1) is 11.9 Å². The molecule has 0 bridgehead atoms. The van der Waals surface area contributed by atoms with Crippen molar-refractivity contribution in [1.29, 1.82) is 0 Å². The highest BCUT2D eigenvalue weighted by Gasteiger charge is 2.23. The number of benzene rings is 2. The largest absolute Gasteiger partial charge is 0.353 e. The first-order valence-electron chi connectivity index (χ1n) is 10.0. The van der Waals surface area contributed by atoms with Gasteiger partial charge in [-0.25, -0.2) is 4.98 Å². The minimum Gasteiger partial charge on any atom is -0.353 e. The zero-order valence-corrected chi connectivity index (χ0v) is 16.9. The molecule has 0 aliphatic carbocycles. The topological polar surface area (TPSA) is 65.5 Å². The smallest absolute Gasteiger partial charge is 0.255 e. The summed E-state index contributed by atoms with van der Waals surface area (Å²) in [5, 5.41) is 2.86. The summed E-state index contributed by atoms with van der Waals surface area (Å²) in [4.78, 5) is 33.6. The molecular formula is C24H24N4O2. The van der Waals surface area contributed by atoms with E-state index in [0.717, 1.165) is 30.0 Å². The molecule has 0 radical (unpaired) electrons. The molecule has 1 saturated heterocycles. The van der Waals surface area contributed by atoms with Crippen molar-refractivity contribution in [2.24, 2.45) is 0 Å². The number of aryl methyl sites for hydroxylation is 1. The summed E-state index contributed by atoms with van der Waals surface area (Å²) in [5.41, 5.74) is 3.03. The van der Waals surface area contributed by atoms with Gasteiger partial charge < -0.3 is 15.1 Å². The van der Waals surface area contributed by atoms with Crippen molar-refractivity contribution in [3.8, 4) is 0 Å². The van der Waals surface area contributed by atoms with Crippen LogP contribution in [0.3, 0.4) is 0 Å². The first-order chi connectivity index (χ1) is 14.6. The number of carbonyl (C=O) groups is 2. The standard InChI is InChI=1S/C24H24N4O2/c1-18-7-5-6-10-21(18)24(30)28-15-13-27(14-16-28)22-12-11-20(17-25-22)26-23(29)19-8-3-2-4-9-19/h2-12,17H,13-16H2,1H3,(H,26,29). The lowest BCUT2D eigenvalue weighted by Gasteiger charge is -2.35. The van der Waals surface area contributed by atoms with Crippen LogP contribution < -0.4 is 10.2 Å². The lowest BCUT2D eigenvalue weighted by Crippen LogP contribution is -2.49.